The quantitative estimate of drug-likeness (QED) is 0.858. The highest BCUT2D eigenvalue weighted by atomic mass is 32.2. The van der Waals surface area contributed by atoms with Gasteiger partial charge >= 0.3 is 0 Å². The number of benzene rings is 1. The lowest BCUT2D eigenvalue weighted by Gasteiger charge is -2.39. The summed E-state index contributed by atoms with van der Waals surface area (Å²) in [5.74, 6) is 0.151. The number of likely N-dealkylation sites (tertiary alicyclic amines) is 1. The largest absolute Gasteiger partial charge is 0.334 e. The lowest BCUT2D eigenvalue weighted by Crippen LogP contribution is -2.51. The van der Waals surface area contributed by atoms with Gasteiger partial charge in [-0.15, -0.1) is 0 Å². The molecule has 4 N–H and O–H groups in total. The van der Waals surface area contributed by atoms with Crippen molar-refractivity contribution in [1.29, 1.82) is 0 Å². The number of amides is 1. The van der Waals surface area contributed by atoms with Crippen molar-refractivity contribution in [3.63, 3.8) is 0 Å². The fourth-order valence-corrected chi connectivity index (χ4v) is 3.87. The normalized spacial score (nSPS) is 22.6. The van der Waals surface area contributed by atoms with Gasteiger partial charge in [0.1, 0.15) is 0 Å². The maximum absolute atomic E-state index is 12.7. The molecule has 0 bridgehead atoms. The topological polar surface area (TPSA) is 106 Å². The van der Waals surface area contributed by atoms with Crippen LogP contribution < -0.4 is 10.9 Å². The summed E-state index contributed by atoms with van der Waals surface area (Å²) in [7, 11) is -3.85. The minimum Gasteiger partial charge on any atom is -0.334 e. The van der Waals surface area contributed by atoms with E-state index in [1.165, 1.54) is 6.07 Å². The van der Waals surface area contributed by atoms with E-state index in [4.69, 9.17) is 10.9 Å². The molecule has 1 aliphatic heterocycles. The van der Waals surface area contributed by atoms with Crippen molar-refractivity contribution in [2.45, 2.75) is 37.6 Å². The fourth-order valence-electron chi connectivity index (χ4n) is 3.07. The van der Waals surface area contributed by atoms with Crippen LogP contribution in [0.4, 0.5) is 0 Å². The number of carbonyl (C=O) groups excluding carboxylic acids is 1. The van der Waals surface area contributed by atoms with Crippen LogP contribution in [0.5, 0.6) is 0 Å². The average molecular weight is 325 g/mol. The molecule has 0 spiro atoms. The summed E-state index contributed by atoms with van der Waals surface area (Å²) >= 11 is 0. The molecule has 7 heteroatoms. The van der Waals surface area contributed by atoms with Crippen molar-refractivity contribution in [3.05, 3.63) is 29.3 Å². The first-order chi connectivity index (χ1) is 10.3. The third kappa shape index (κ3) is 3.31. The van der Waals surface area contributed by atoms with Crippen LogP contribution in [0.1, 0.15) is 35.7 Å². The first kappa shape index (κ1) is 16.9. The zero-order valence-electron chi connectivity index (χ0n) is 13.0. The van der Waals surface area contributed by atoms with E-state index in [2.05, 4.69) is 6.92 Å². The van der Waals surface area contributed by atoms with Crippen LogP contribution in [-0.4, -0.2) is 38.4 Å². The van der Waals surface area contributed by atoms with Crippen molar-refractivity contribution >= 4 is 15.9 Å². The predicted molar refractivity (Wildman–Crippen MR) is 84.8 cm³/mol. The fraction of sp³-hybridized carbons (Fsp3) is 0.533. The zero-order valence-corrected chi connectivity index (χ0v) is 13.8. The standard InChI is InChI=1S/C15H23N3O3S/c1-10-4-3-7-18(13(10)9-16)15(19)12-6-5-11(2)14(8-12)22(17,20)21/h5-6,8,10,13H,3-4,7,9,16H2,1-2H3,(H2,17,20,21). The second-order valence-electron chi connectivity index (χ2n) is 5.95. The van der Waals surface area contributed by atoms with Gasteiger partial charge in [-0.2, -0.15) is 0 Å². The summed E-state index contributed by atoms with van der Waals surface area (Å²) in [6.45, 7) is 4.78. The predicted octanol–water partition coefficient (Wildman–Crippen LogP) is 0.842. The lowest BCUT2D eigenvalue weighted by molar-refractivity contribution is 0.0532. The molecule has 2 atom stereocenters. The van der Waals surface area contributed by atoms with Crippen molar-refractivity contribution in [2.75, 3.05) is 13.1 Å². The summed E-state index contributed by atoms with van der Waals surface area (Å²) < 4.78 is 23.2. The highest BCUT2D eigenvalue weighted by Gasteiger charge is 2.31. The van der Waals surface area contributed by atoms with Crippen LogP contribution in [0.3, 0.4) is 0 Å². The number of hydrogen-bond donors (Lipinski definition) is 2. The summed E-state index contributed by atoms with van der Waals surface area (Å²) in [6, 6.07) is 4.59. The van der Waals surface area contributed by atoms with Gasteiger partial charge in [-0.3, -0.25) is 4.79 Å². The molecule has 1 heterocycles. The van der Waals surface area contributed by atoms with Crippen LogP contribution in [0.25, 0.3) is 0 Å². The number of carbonyl (C=O) groups is 1. The maximum atomic E-state index is 12.7. The molecule has 122 valence electrons. The molecule has 1 aromatic carbocycles. The first-order valence-corrected chi connectivity index (χ1v) is 8.95. The van der Waals surface area contributed by atoms with Gasteiger partial charge in [-0.1, -0.05) is 13.0 Å². The Morgan fingerprint density at radius 1 is 1.41 bits per heavy atom. The molecule has 1 saturated heterocycles. The number of aryl methyl sites for hydroxylation is 1. The van der Waals surface area contributed by atoms with E-state index in [1.807, 2.05) is 0 Å². The Labute approximate surface area is 131 Å². The van der Waals surface area contributed by atoms with Gasteiger partial charge < -0.3 is 10.6 Å². The highest BCUT2D eigenvalue weighted by molar-refractivity contribution is 7.89. The first-order valence-electron chi connectivity index (χ1n) is 7.40. The van der Waals surface area contributed by atoms with E-state index in [0.717, 1.165) is 12.8 Å². The summed E-state index contributed by atoms with van der Waals surface area (Å²) in [5, 5.41) is 5.21. The number of rotatable bonds is 3. The Kier molecular flexibility index (Phi) is 4.89. The number of hydrogen-bond acceptors (Lipinski definition) is 4. The van der Waals surface area contributed by atoms with Crippen LogP contribution in [0.2, 0.25) is 0 Å². The van der Waals surface area contributed by atoms with Crippen molar-refractivity contribution in [3.8, 4) is 0 Å². The summed E-state index contributed by atoms with van der Waals surface area (Å²) in [5.41, 5.74) is 6.68. The Morgan fingerprint density at radius 2 is 2.09 bits per heavy atom. The monoisotopic (exact) mass is 325 g/mol. The molecule has 2 rings (SSSR count). The third-order valence-electron chi connectivity index (χ3n) is 4.36. The molecule has 0 aliphatic carbocycles. The number of piperidine rings is 1. The van der Waals surface area contributed by atoms with Gasteiger partial charge in [0, 0.05) is 24.7 Å². The maximum Gasteiger partial charge on any atom is 0.254 e. The molecule has 0 radical (unpaired) electrons. The second-order valence-corrected chi connectivity index (χ2v) is 7.48. The molecule has 0 aromatic heterocycles. The average Bonchev–Trinajstić information content (AvgIpc) is 2.45. The zero-order chi connectivity index (χ0) is 16.5. The minimum atomic E-state index is -3.85. The van der Waals surface area contributed by atoms with Crippen molar-refractivity contribution in [2.24, 2.45) is 16.8 Å². The van der Waals surface area contributed by atoms with Gasteiger partial charge in [0.15, 0.2) is 0 Å². The molecule has 1 amide bonds. The molecule has 22 heavy (non-hydrogen) atoms. The highest BCUT2D eigenvalue weighted by Crippen LogP contribution is 2.25. The molecule has 1 aliphatic rings. The second kappa shape index (κ2) is 6.36. The molecule has 1 fully saturated rings. The molecule has 1 aromatic rings. The summed E-state index contributed by atoms with van der Waals surface area (Å²) in [4.78, 5) is 14.5. The third-order valence-corrected chi connectivity index (χ3v) is 5.41. The lowest BCUT2D eigenvalue weighted by atomic mass is 9.90. The SMILES string of the molecule is Cc1ccc(C(=O)N2CCCC(C)C2CN)cc1S(N)(=O)=O. The van der Waals surface area contributed by atoms with Gasteiger partial charge in [0.05, 0.1) is 4.90 Å². The number of primary sulfonamides is 1. The molecular formula is C15H23N3O3S. The molecular weight excluding hydrogens is 302 g/mol. The summed E-state index contributed by atoms with van der Waals surface area (Å²) in [6.07, 6.45) is 1.97. The van der Waals surface area contributed by atoms with E-state index < -0.39 is 10.0 Å². The molecule has 6 nitrogen and oxygen atoms in total. The Hall–Kier alpha value is -1.44. The van der Waals surface area contributed by atoms with Gasteiger partial charge in [-0.05, 0) is 43.4 Å². The van der Waals surface area contributed by atoms with Gasteiger partial charge in [0.25, 0.3) is 5.91 Å². The Morgan fingerprint density at radius 3 is 2.68 bits per heavy atom. The van der Waals surface area contributed by atoms with Crippen molar-refractivity contribution in [1.82, 2.24) is 4.90 Å². The Balaban J connectivity index is 2.37. The Bertz CT molecular complexity index is 673. The van der Waals surface area contributed by atoms with E-state index >= 15 is 0 Å². The van der Waals surface area contributed by atoms with Crippen LogP contribution in [0.15, 0.2) is 23.1 Å². The van der Waals surface area contributed by atoms with Crippen molar-refractivity contribution < 1.29 is 13.2 Å². The van der Waals surface area contributed by atoms with E-state index in [-0.39, 0.29) is 16.8 Å². The van der Waals surface area contributed by atoms with E-state index in [1.54, 1.807) is 24.0 Å². The van der Waals surface area contributed by atoms with Crippen LogP contribution >= 0.6 is 0 Å². The number of nitrogens with zero attached hydrogens (tertiary/aromatic N) is 1. The molecule has 0 saturated carbocycles. The van der Waals surface area contributed by atoms with Crippen LogP contribution in [-0.2, 0) is 10.0 Å². The number of sulfonamides is 1. The van der Waals surface area contributed by atoms with E-state index in [9.17, 15) is 13.2 Å². The smallest absolute Gasteiger partial charge is 0.254 e. The number of nitrogens with two attached hydrogens (primary N) is 2. The van der Waals surface area contributed by atoms with E-state index in [0.29, 0.717) is 30.1 Å². The van der Waals surface area contributed by atoms with Gasteiger partial charge in [0.2, 0.25) is 10.0 Å². The van der Waals surface area contributed by atoms with Crippen LogP contribution in [0, 0.1) is 12.8 Å². The molecule has 2 unspecified atom stereocenters. The minimum absolute atomic E-state index is 0.00675. The van der Waals surface area contributed by atoms with Gasteiger partial charge in [-0.25, -0.2) is 13.6 Å².